The van der Waals surface area contributed by atoms with Gasteiger partial charge in [0.15, 0.2) is 5.78 Å². The first-order valence-corrected chi connectivity index (χ1v) is 8.75. The van der Waals surface area contributed by atoms with E-state index in [9.17, 15) is 4.79 Å². The van der Waals surface area contributed by atoms with Gasteiger partial charge >= 0.3 is 0 Å². The monoisotopic (exact) mass is 346 g/mol. The fourth-order valence-corrected chi connectivity index (χ4v) is 3.87. The van der Waals surface area contributed by atoms with Crippen LogP contribution in [0.1, 0.15) is 36.7 Å². The molecule has 1 aliphatic rings. The molecule has 2 heterocycles. The van der Waals surface area contributed by atoms with E-state index in [1.165, 1.54) is 0 Å². The number of nitrogens with zero attached hydrogens (tertiary/aromatic N) is 2. The number of aromatic nitrogens is 2. The Labute approximate surface area is 152 Å². The second-order valence-electron chi connectivity index (χ2n) is 7.51. The number of fused-ring (bicyclic) bond motifs is 1. The van der Waals surface area contributed by atoms with E-state index in [2.05, 4.69) is 16.0 Å². The average molecular weight is 346 g/mol. The van der Waals surface area contributed by atoms with Crippen LogP contribution in [-0.4, -0.2) is 27.1 Å². The first-order chi connectivity index (χ1) is 12.3. The summed E-state index contributed by atoms with van der Waals surface area (Å²) in [5.41, 5.74) is 4.01. The van der Waals surface area contributed by atoms with Crippen LogP contribution < -0.4 is 4.90 Å². The lowest BCUT2D eigenvalue weighted by atomic mass is 9.93. The van der Waals surface area contributed by atoms with Crippen molar-refractivity contribution in [3.63, 3.8) is 0 Å². The molecule has 132 valence electrons. The maximum atomic E-state index is 13.2. The number of benzene rings is 2. The number of carbonyl (C=O) groups is 1. The number of Topliss-reactive ketones (excluding diaryl/α,β-unsaturated/α-hetero) is 1. The van der Waals surface area contributed by atoms with Gasteiger partial charge in [0.1, 0.15) is 23.1 Å². The summed E-state index contributed by atoms with van der Waals surface area (Å²) in [6.07, 6.45) is 0. The molecule has 0 bridgehead atoms. The van der Waals surface area contributed by atoms with E-state index in [4.69, 9.17) is 5.41 Å². The molecule has 0 radical (unpaired) electrons. The lowest BCUT2D eigenvalue weighted by molar-refractivity contribution is -0.121. The Hall–Kier alpha value is -2.95. The van der Waals surface area contributed by atoms with E-state index in [0.29, 0.717) is 5.82 Å². The quantitative estimate of drug-likeness (QED) is 0.733. The number of rotatable bonds is 2. The molecule has 3 aromatic rings. The van der Waals surface area contributed by atoms with Crippen molar-refractivity contribution in [3.05, 3.63) is 59.4 Å². The van der Waals surface area contributed by atoms with E-state index >= 15 is 0 Å². The number of carbonyl (C=O) groups excluding carboxylic acids is 1. The van der Waals surface area contributed by atoms with Crippen molar-refractivity contribution < 1.29 is 4.79 Å². The second kappa shape index (κ2) is 5.53. The van der Waals surface area contributed by atoms with E-state index in [1.807, 2.05) is 69.0 Å². The molecule has 1 aromatic heterocycles. The number of H-pyrrole nitrogens is 1. The topological polar surface area (TPSA) is 72.8 Å². The number of aromatic amines is 1. The Kier molecular flexibility index (Phi) is 3.51. The third-order valence-corrected chi connectivity index (χ3v) is 5.21. The molecule has 4 rings (SSSR count). The van der Waals surface area contributed by atoms with Crippen LogP contribution in [0.15, 0.2) is 42.5 Å². The van der Waals surface area contributed by atoms with Gasteiger partial charge in [-0.3, -0.25) is 10.2 Å². The molecule has 5 nitrogen and oxygen atoms in total. The summed E-state index contributed by atoms with van der Waals surface area (Å²) < 4.78 is 0. The number of hydrogen-bond donors (Lipinski definition) is 2. The van der Waals surface area contributed by atoms with Crippen molar-refractivity contribution in [2.75, 3.05) is 4.90 Å². The van der Waals surface area contributed by atoms with E-state index in [0.717, 1.165) is 27.8 Å². The predicted octanol–water partition coefficient (Wildman–Crippen LogP) is 4.11. The minimum Gasteiger partial charge on any atom is -0.341 e. The van der Waals surface area contributed by atoms with Gasteiger partial charge in [-0.05, 0) is 51.5 Å². The fourth-order valence-electron chi connectivity index (χ4n) is 3.87. The number of aryl methyl sites for hydroxylation is 2. The van der Waals surface area contributed by atoms with Gasteiger partial charge in [0.25, 0.3) is 0 Å². The summed E-state index contributed by atoms with van der Waals surface area (Å²) in [5.74, 6) is 0.118. The van der Waals surface area contributed by atoms with Gasteiger partial charge < -0.3 is 9.88 Å². The molecule has 2 aromatic carbocycles. The highest BCUT2D eigenvalue weighted by molar-refractivity contribution is 6.25. The third-order valence-electron chi connectivity index (χ3n) is 5.21. The number of hydrogen-bond acceptors (Lipinski definition) is 3. The zero-order valence-corrected chi connectivity index (χ0v) is 15.4. The summed E-state index contributed by atoms with van der Waals surface area (Å²) in [7, 11) is 0. The van der Waals surface area contributed by atoms with E-state index in [-0.39, 0.29) is 11.6 Å². The molecular weight excluding hydrogens is 324 g/mol. The van der Waals surface area contributed by atoms with Gasteiger partial charge in [-0.25, -0.2) is 4.98 Å². The zero-order chi connectivity index (χ0) is 18.6. The summed E-state index contributed by atoms with van der Waals surface area (Å²) >= 11 is 0. The molecule has 0 saturated carbocycles. The van der Waals surface area contributed by atoms with Crippen molar-refractivity contribution >= 4 is 28.3 Å². The van der Waals surface area contributed by atoms with Crippen LogP contribution >= 0.6 is 0 Å². The smallest absolute Gasteiger partial charge is 0.176 e. The summed E-state index contributed by atoms with van der Waals surface area (Å²) in [4.78, 5) is 22.9. The SMILES string of the molecule is Cc1ccc(N2C(=N)C(c3nc4ccccc4[nH]3)C(=O)C2(C)C)c(C)c1. The second-order valence-corrected chi connectivity index (χ2v) is 7.51. The van der Waals surface area contributed by atoms with Crippen molar-refractivity contribution in [2.45, 2.75) is 39.2 Å². The Bertz CT molecular complexity index is 1010. The molecule has 1 atom stereocenters. The molecule has 5 heteroatoms. The van der Waals surface area contributed by atoms with E-state index < -0.39 is 11.5 Å². The lowest BCUT2D eigenvalue weighted by Gasteiger charge is -2.32. The van der Waals surface area contributed by atoms with Gasteiger partial charge in [-0.15, -0.1) is 0 Å². The number of imidazole rings is 1. The van der Waals surface area contributed by atoms with Crippen LogP contribution in [0.25, 0.3) is 11.0 Å². The molecule has 26 heavy (non-hydrogen) atoms. The summed E-state index contributed by atoms with van der Waals surface area (Å²) in [5, 5.41) is 8.79. The van der Waals surface area contributed by atoms with Crippen LogP contribution in [0, 0.1) is 19.3 Å². The number of ketones is 1. The number of anilines is 1. The first-order valence-electron chi connectivity index (χ1n) is 8.75. The molecule has 2 N–H and O–H groups in total. The molecule has 1 aliphatic heterocycles. The Morgan fingerprint density at radius 2 is 1.88 bits per heavy atom. The third kappa shape index (κ3) is 2.27. The Morgan fingerprint density at radius 1 is 1.15 bits per heavy atom. The van der Waals surface area contributed by atoms with Crippen LogP contribution in [-0.2, 0) is 4.79 Å². The number of para-hydroxylation sites is 2. The van der Waals surface area contributed by atoms with Crippen LogP contribution in [0.2, 0.25) is 0 Å². The maximum absolute atomic E-state index is 13.2. The molecule has 1 fully saturated rings. The van der Waals surface area contributed by atoms with Gasteiger partial charge in [-0.1, -0.05) is 29.8 Å². The normalized spacial score (nSPS) is 19.5. The fraction of sp³-hybridized carbons (Fsp3) is 0.286. The van der Waals surface area contributed by atoms with Crippen molar-refractivity contribution in [1.82, 2.24) is 9.97 Å². The van der Waals surface area contributed by atoms with Crippen LogP contribution in [0.5, 0.6) is 0 Å². The Morgan fingerprint density at radius 3 is 2.58 bits per heavy atom. The van der Waals surface area contributed by atoms with Crippen molar-refractivity contribution in [3.8, 4) is 0 Å². The lowest BCUT2D eigenvalue weighted by Crippen LogP contribution is -2.44. The molecule has 1 unspecified atom stereocenters. The van der Waals surface area contributed by atoms with Gasteiger partial charge in [-0.2, -0.15) is 0 Å². The summed E-state index contributed by atoms with van der Waals surface area (Å²) in [6.45, 7) is 7.82. The van der Waals surface area contributed by atoms with Gasteiger partial charge in [0.2, 0.25) is 0 Å². The zero-order valence-electron chi connectivity index (χ0n) is 15.4. The average Bonchev–Trinajstić information content (AvgIpc) is 3.06. The highest BCUT2D eigenvalue weighted by Gasteiger charge is 2.53. The molecule has 0 amide bonds. The Balaban J connectivity index is 1.83. The largest absolute Gasteiger partial charge is 0.341 e. The molecular formula is C21H22N4O. The predicted molar refractivity (Wildman–Crippen MR) is 104 cm³/mol. The van der Waals surface area contributed by atoms with Crippen LogP contribution in [0.3, 0.4) is 0 Å². The van der Waals surface area contributed by atoms with Gasteiger partial charge in [0, 0.05) is 5.69 Å². The highest BCUT2D eigenvalue weighted by atomic mass is 16.1. The summed E-state index contributed by atoms with van der Waals surface area (Å²) in [6, 6.07) is 13.8. The minimum atomic E-state index is -0.805. The first kappa shape index (κ1) is 16.5. The van der Waals surface area contributed by atoms with E-state index in [1.54, 1.807) is 0 Å². The highest BCUT2D eigenvalue weighted by Crippen LogP contribution is 2.41. The number of nitrogens with one attached hydrogen (secondary N) is 2. The van der Waals surface area contributed by atoms with Crippen molar-refractivity contribution in [2.24, 2.45) is 0 Å². The minimum absolute atomic E-state index is 0.0125. The van der Waals surface area contributed by atoms with Crippen molar-refractivity contribution in [1.29, 1.82) is 5.41 Å². The molecule has 1 saturated heterocycles. The maximum Gasteiger partial charge on any atom is 0.176 e. The standard InChI is InChI=1S/C21H22N4O/c1-12-9-10-16(13(2)11-12)25-19(22)17(18(26)21(25,3)4)20-23-14-7-5-6-8-15(14)24-20/h5-11,17,22H,1-4H3,(H,23,24). The van der Waals surface area contributed by atoms with Gasteiger partial charge in [0.05, 0.1) is 11.0 Å². The molecule has 0 aliphatic carbocycles. The van der Waals surface area contributed by atoms with Crippen LogP contribution in [0.4, 0.5) is 5.69 Å². The number of amidine groups is 1. The molecule has 0 spiro atoms.